The van der Waals surface area contributed by atoms with Crippen molar-refractivity contribution >= 4 is 21.7 Å². The lowest BCUT2D eigenvalue weighted by Crippen LogP contribution is -2.34. The quantitative estimate of drug-likeness (QED) is 0.637. The van der Waals surface area contributed by atoms with E-state index in [0.29, 0.717) is 12.2 Å². The number of esters is 1. The Morgan fingerprint density at radius 1 is 1.43 bits per heavy atom. The molecule has 0 atom stereocenters. The highest BCUT2D eigenvalue weighted by atomic mass is 32.2. The van der Waals surface area contributed by atoms with E-state index in [2.05, 4.69) is 4.74 Å². The minimum Gasteiger partial charge on any atom is -0.465 e. The zero-order chi connectivity index (χ0) is 15.6. The molecule has 21 heavy (non-hydrogen) atoms. The number of hydrogen-bond acceptors (Lipinski definition) is 5. The molecule has 1 fully saturated rings. The largest absolute Gasteiger partial charge is 0.465 e. The third-order valence-electron chi connectivity index (χ3n) is 3.39. The summed E-state index contributed by atoms with van der Waals surface area (Å²) in [6, 6.07) is 4.24. The van der Waals surface area contributed by atoms with Gasteiger partial charge in [-0.3, -0.25) is 0 Å². The van der Waals surface area contributed by atoms with Gasteiger partial charge in [0.15, 0.2) is 0 Å². The number of nitrogens with zero attached hydrogens (tertiary/aromatic N) is 1. The first kappa shape index (κ1) is 15.8. The second-order valence-electron chi connectivity index (χ2n) is 5.09. The number of ether oxygens (including phenoxy) is 1. The average Bonchev–Trinajstić information content (AvgIpc) is 3.27. The number of sulfonamides is 1. The molecule has 2 N–H and O–H groups in total. The van der Waals surface area contributed by atoms with Crippen molar-refractivity contribution < 1.29 is 17.9 Å². The van der Waals surface area contributed by atoms with Crippen LogP contribution in [0.2, 0.25) is 0 Å². The van der Waals surface area contributed by atoms with Crippen LogP contribution in [0.3, 0.4) is 0 Å². The second-order valence-corrected chi connectivity index (χ2v) is 6.95. The van der Waals surface area contributed by atoms with Crippen molar-refractivity contribution in [3.63, 3.8) is 0 Å². The number of nitrogen functional groups attached to an aromatic ring is 1. The van der Waals surface area contributed by atoms with Gasteiger partial charge >= 0.3 is 5.97 Å². The van der Waals surface area contributed by atoms with Crippen LogP contribution in [0.5, 0.6) is 0 Å². The molecule has 1 aliphatic rings. The number of benzene rings is 1. The molecule has 0 bridgehead atoms. The maximum absolute atomic E-state index is 12.8. The van der Waals surface area contributed by atoms with Gasteiger partial charge in [-0.15, -0.1) is 0 Å². The van der Waals surface area contributed by atoms with Crippen LogP contribution in [0.25, 0.3) is 0 Å². The highest BCUT2D eigenvalue weighted by molar-refractivity contribution is 7.89. The molecule has 1 saturated carbocycles. The summed E-state index contributed by atoms with van der Waals surface area (Å²) in [5.74, 6) is -0.701. The van der Waals surface area contributed by atoms with E-state index < -0.39 is 16.0 Å². The number of methoxy groups -OCH3 is 1. The molecule has 2 rings (SSSR count). The number of rotatable bonds is 6. The Morgan fingerprint density at radius 2 is 2.10 bits per heavy atom. The third kappa shape index (κ3) is 3.19. The summed E-state index contributed by atoms with van der Waals surface area (Å²) in [5, 5.41) is 0. The van der Waals surface area contributed by atoms with E-state index in [0.717, 1.165) is 19.3 Å². The van der Waals surface area contributed by atoms with Crippen molar-refractivity contribution in [3.8, 4) is 0 Å². The minimum atomic E-state index is -3.73. The van der Waals surface area contributed by atoms with Crippen LogP contribution in [0.15, 0.2) is 23.1 Å². The Balaban J connectivity index is 2.50. The predicted molar refractivity (Wildman–Crippen MR) is 79.4 cm³/mol. The van der Waals surface area contributed by atoms with Gasteiger partial charge in [0.1, 0.15) is 0 Å². The van der Waals surface area contributed by atoms with Crippen molar-refractivity contribution in [1.29, 1.82) is 0 Å². The maximum Gasteiger partial charge on any atom is 0.339 e. The van der Waals surface area contributed by atoms with E-state index >= 15 is 0 Å². The van der Waals surface area contributed by atoms with Crippen molar-refractivity contribution in [2.45, 2.75) is 37.1 Å². The SMILES string of the molecule is CCCN(C1CC1)S(=O)(=O)c1ccc(N)cc1C(=O)OC. The third-order valence-corrected chi connectivity index (χ3v) is 5.40. The van der Waals surface area contributed by atoms with Crippen LogP contribution in [0.1, 0.15) is 36.5 Å². The van der Waals surface area contributed by atoms with Gasteiger partial charge in [0, 0.05) is 18.3 Å². The summed E-state index contributed by atoms with van der Waals surface area (Å²) in [5.41, 5.74) is 5.96. The van der Waals surface area contributed by atoms with Gasteiger partial charge in [0.2, 0.25) is 10.0 Å². The molecule has 0 radical (unpaired) electrons. The van der Waals surface area contributed by atoms with E-state index in [-0.39, 0.29) is 16.5 Å². The average molecular weight is 312 g/mol. The summed E-state index contributed by atoms with van der Waals surface area (Å²) in [4.78, 5) is 11.8. The topological polar surface area (TPSA) is 89.7 Å². The molecular formula is C14H20N2O4S. The fourth-order valence-electron chi connectivity index (χ4n) is 2.25. The molecule has 0 saturated heterocycles. The van der Waals surface area contributed by atoms with Crippen LogP contribution < -0.4 is 5.73 Å². The molecular weight excluding hydrogens is 292 g/mol. The molecule has 0 spiro atoms. The van der Waals surface area contributed by atoms with Gasteiger partial charge in [-0.1, -0.05) is 6.92 Å². The van der Waals surface area contributed by atoms with Crippen LogP contribution in [0.4, 0.5) is 5.69 Å². The first-order valence-electron chi connectivity index (χ1n) is 6.91. The van der Waals surface area contributed by atoms with Crippen LogP contribution in [-0.2, 0) is 14.8 Å². The van der Waals surface area contributed by atoms with Crippen LogP contribution in [-0.4, -0.2) is 38.4 Å². The van der Waals surface area contributed by atoms with Crippen LogP contribution in [0, 0.1) is 0 Å². The number of anilines is 1. The summed E-state index contributed by atoms with van der Waals surface area (Å²) in [6.45, 7) is 2.37. The second kappa shape index (κ2) is 6.03. The van der Waals surface area contributed by atoms with E-state index in [9.17, 15) is 13.2 Å². The fraction of sp³-hybridized carbons (Fsp3) is 0.500. The van der Waals surface area contributed by atoms with E-state index in [1.54, 1.807) is 0 Å². The Labute approximate surface area is 124 Å². The van der Waals surface area contributed by atoms with Crippen molar-refractivity contribution in [1.82, 2.24) is 4.31 Å². The first-order valence-corrected chi connectivity index (χ1v) is 8.35. The first-order chi connectivity index (χ1) is 9.91. The number of carbonyl (C=O) groups excluding carboxylic acids is 1. The van der Waals surface area contributed by atoms with Crippen molar-refractivity contribution in [3.05, 3.63) is 23.8 Å². The highest BCUT2D eigenvalue weighted by Crippen LogP contribution is 2.33. The van der Waals surface area contributed by atoms with Gasteiger partial charge < -0.3 is 10.5 Å². The normalized spacial score (nSPS) is 15.2. The monoisotopic (exact) mass is 312 g/mol. The maximum atomic E-state index is 12.8. The Bertz CT molecular complexity index is 638. The number of hydrogen-bond donors (Lipinski definition) is 1. The predicted octanol–water partition coefficient (Wildman–Crippen LogP) is 1.62. The lowest BCUT2D eigenvalue weighted by Gasteiger charge is -2.22. The van der Waals surface area contributed by atoms with E-state index in [4.69, 9.17) is 5.73 Å². The molecule has 0 aromatic heterocycles. The summed E-state index contributed by atoms with van der Waals surface area (Å²) in [7, 11) is -2.51. The Kier molecular flexibility index (Phi) is 4.53. The molecule has 116 valence electrons. The van der Waals surface area contributed by atoms with Crippen molar-refractivity contribution in [2.24, 2.45) is 0 Å². The molecule has 0 aliphatic heterocycles. The highest BCUT2D eigenvalue weighted by Gasteiger charge is 2.39. The summed E-state index contributed by atoms with van der Waals surface area (Å²) in [6.07, 6.45) is 2.45. The van der Waals surface area contributed by atoms with Gasteiger partial charge in [-0.25, -0.2) is 13.2 Å². The smallest absolute Gasteiger partial charge is 0.339 e. The van der Waals surface area contributed by atoms with E-state index in [1.807, 2.05) is 6.92 Å². The zero-order valence-corrected chi connectivity index (χ0v) is 13.0. The number of carbonyl (C=O) groups is 1. The lowest BCUT2D eigenvalue weighted by molar-refractivity contribution is 0.0596. The molecule has 7 heteroatoms. The molecule has 1 aliphatic carbocycles. The Hall–Kier alpha value is -1.60. The molecule has 0 heterocycles. The zero-order valence-electron chi connectivity index (χ0n) is 12.2. The van der Waals surface area contributed by atoms with Gasteiger partial charge in [-0.05, 0) is 37.5 Å². The summed E-state index contributed by atoms with van der Waals surface area (Å²) >= 11 is 0. The fourth-order valence-corrected chi connectivity index (χ4v) is 4.19. The molecule has 6 nitrogen and oxygen atoms in total. The van der Waals surface area contributed by atoms with Gasteiger partial charge in [0.05, 0.1) is 17.6 Å². The molecule has 0 unspecified atom stereocenters. The lowest BCUT2D eigenvalue weighted by atomic mass is 10.2. The Morgan fingerprint density at radius 3 is 2.62 bits per heavy atom. The van der Waals surface area contributed by atoms with Crippen LogP contribution >= 0.6 is 0 Å². The summed E-state index contributed by atoms with van der Waals surface area (Å²) < 4.78 is 31.8. The van der Waals surface area contributed by atoms with E-state index in [1.165, 1.54) is 29.6 Å². The number of nitrogens with two attached hydrogens (primary N) is 1. The van der Waals surface area contributed by atoms with Gasteiger partial charge in [-0.2, -0.15) is 4.31 Å². The molecule has 1 aromatic carbocycles. The molecule has 1 aromatic rings. The minimum absolute atomic E-state index is 0.0146. The standard InChI is InChI=1S/C14H20N2O4S/c1-3-8-16(11-5-6-11)21(18,19)13-7-4-10(15)9-12(13)14(17)20-2/h4,7,9,11H,3,5-6,8,15H2,1-2H3. The van der Waals surface area contributed by atoms with Crippen molar-refractivity contribution in [2.75, 3.05) is 19.4 Å². The molecule has 0 amide bonds. The van der Waals surface area contributed by atoms with Gasteiger partial charge in [0.25, 0.3) is 0 Å².